The van der Waals surface area contributed by atoms with Gasteiger partial charge in [0.25, 0.3) is 0 Å². The minimum Gasteiger partial charge on any atom is -0.481 e. The number of urea groups is 1. The van der Waals surface area contributed by atoms with E-state index in [9.17, 15) is 9.59 Å². The second kappa shape index (κ2) is 6.22. The van der Waals surface area contributed by atoms with E-state index < -0.39 is 5.97 Å². The first-order valence-electron chi connectivity index (χ1n) is 7.67. The quantitative estimate of drug-likeness (QED) is 0.738. The molecule has 4 unspecified atom stereocenters. The molecular weight excluding hydrogens is 272 g/mol. The van der Waals surface area contributed by atoms with Gasteiger partial charge in [0.05, 0.1) is 12.0 Å². The highest BCUT2D eigenvalue weighted by atomic mass is 16.5. The standard InChI is InChI=1S/C15H26N2O4/c1-15(2)11(8-12(15)21-3)17-14(20)16-10-6-4-5-9(7-10)13(18)19/h9-12H,4-8H2,1-3H3,(H,18,19)(H2,16,17,20). The molecule has 21 heavy (non-hydrogen) atoms. The van der Waals surface area contributed by atoms with Gasteiger partial charge in [-0.1, -0.05) is 20.3 Å². The molecule has 0 bridgehead atoms. The Hall–Kier alpha value is -1.30. The molecule has 0 radical (unpaired) electrons. The first-order valence-corrected chi connectivity index (χ1v) is 7.67. The second-order valence-corrected chi connectivity index (χ2v) is 6.85. The minimum absolute atomic E-state index is 0.0405. The summed E-state index contributed by atoms with van der Waals surface area (Å²) >= 11 is 0. The number of rotatable bonds is 4. The Morgan fingerprint density at radius 3 is 2.48 bits per heavy atom. The van der Waals surface area contributed by atoms with Crippen LogP contribution in [0.3, 0.4) is 0 Å². The van der Waals surface area contributed by atoms with Crippen molar-refractivity contribution in [3.8, 4) is 0 Å². The third-order valence-corrected chi connectivity index (χ3v) is 5.13. The van der Waals surface area contributed by atoms with Crippen molar-refractivity contribution in [2.24, 2.45) is 11.3 Å². The molecule has 0 aliphatic heterocycles. The van der Waals surface area contributed by atoms with Crippen LogP contribution < -0.4 is 10.6 Å². The van der Waals surface area contributed by atoms with Gasteiger partial charge in [0.1, 0.15) is 0 Å². The fraction of sp³-hybridized carbons (Fsp3) is 0.867. The lowest BCUT2D eigenvalue weighted by Crippen LogP contribution is -2.63. The van der Waals surface area contributed by atoms with Gasteiger partial charge in [-0.3, -0.25) is 4.79 Å². The number of carboxylic acid groups (broad SMARTS) is 1. The molecule has 3 N–H and O–H groups in total. The maximum Gasteiger partial charge on any atom is 0.315 e. The molecule has 2 aliphatic rings. The number of hydrogen-bond donors (Lipinski definition) is 3. The summed E-state index contributed by atoms with van der Waals surface area (Å²) in [4.78, 5) is 23.1. The van der Waals surface area contributed by atoms with Gasteiger partial charge in [-0.05, 0) is 25.7 Å². The van der Waals surface area contributed by atoms with E-state index in [-0.39, 0.29) is 35.6 Å². The van der Waals surface area contributed by atoms with Crippen molar-refractivity contribution in [1.29, 1.82) is 0 Å². The van der Waals surface area contributed by atoms with Crippen molar-refractivity contribution in [1.82, 2.24) is 10.6 Å². The fourth-order valence-corrected chi connectivity index (χ4v) is 3.46. The molecule has 2 rings (SSSR count). The number of methoxy groups -OCH3 is 1. The number of hydrogen-bond acceptors (Lipinski definition) is 3. The zero-order valence-electron chi connectivity index (χ0n) is 13.0. The van der Waals surface area contributed by atoms with E-state index >= 15 is 0 Å². The second-order valence-electron chi connectivity index (χ2n) is 6.85. The van der Waals surface area contributed by atoms with Crippen LogP contribution in [0.4, 0.5) is 4.79 Å². The van der Waals surface area contributed by atoms with E-state index in [4.69, 9.17) is 9.84 Å². The number of carbonyl (C=O) groups excluding carboxylic acids is 1. The van der Waals surface area contributed by atoms with Gasteiger partial charge in [0.15, 0.2) is 0 Å². The van der Waals surface area contributed by atoms with Gasteiger partial charge in [0, 0.05) is 24.6 Å². The summed E-state index contributed by atoms with van der Waals surface area (Å²) in [5.74, 6) is -1.09. The molecule has 6 nitrogen and oxygen atoms in total. The van der Waals surface area contributed by atoms with Crippen molar-refractivity contribution in [3.63, 3.8) is 0 Å². The molecule has 4 atom stereocenters. The monoisotopic (exact) mass is 298 g/mol. The van der Waals surface area contributed by atoms with Crippen molar-refractivity contribution < 1.29 is 19.4 Å². The summed E-state index contributed by atoms with van der Waals surface area (Å²) < 4.78 is 5.37. The number of carbonyl (C=O) groups is 2. The van der Waals surface area contributed by atoms with Crippen LogP contribution in [0.1, 0.15) is 46.0 Å². The van der Waals surface area contributed by atoms with Crippen LogP contribution in [0.25, 0.3) is 0 Å². The molecule has 0 heterocycles. The predicted octanol–water partition coefficient (Wildman–Crippen LogP) is 1.74. The molecule has 2 aliphatic carbocycles. The van der Waals surface area contributed by atoms with Gasteiger partial charge in [-0.15, -0.1) is 0 Å². The molecule has 0 aromatic heterocycles. The number of amides is 2. The summed E-state index contributed by atoms with van der Waals surface area (Å²) in [6.45, 7) is 4.16. The third kappa shape index (κ3) is 3.48. The first-order chi connectivity index (χ1) is 9.84. The van der Waals surface area contributed by atoms with Crippen LogP contribution >= 0.6 is 0 Å². The van der Waals surface area contributed by atoms with Crippen molar-refractivity contribution in [2.45, 2.75) is 64.1 Å². The summed E-state index contributed by atoms with van der Waals surface area (Å²) in [5, 5.41) is 15.0. The fourth-order valence-electron chi connectivity index (χ4n) is 3.46. The third-order valence-electron chi connectivity index (χ3n) is 5.13. The highest BCUT2D eigenvalue weighted by Crippen LogP contribution is 2.42. The average Bonchev–Trinajstić information content (AvgIpc) is 2.43. The van der Waals surface area contributed by atoms with Crippen LogP contribution in [0, 0.1) is 11.3 Å². The first kappa shape index (κ1) is 16.1. The Morgan fingerprint density at radius 2 is 1.90 bits per heavy atom. The van der Waals surface area contributed by atoms with Crippen LogP contribution in [0.2, 0.25) is 0 Å². The van der Waals surface area contributed by atoms with Gasteiger partial charge >= 0.3 is 12.0 Å². The van der Waals surface area contributed by atoms with Crippen LogP contribution in [-0.2, 0) is 9.53 Å². The maximum absolute atomic E-state index is 12.1. The lowest BCUT2D eigenvalue weighted by Gasteiger charge is -2.51. The van der Waals surface area contributed by atoms with Gasteiger partial charge in [0.2, 0.25) is 0 Å². The Balaban J connectivity index is 1.79. The van der Waals surface area contributed by atoms with E-state index in [1.165, 1.54) is 0 Å². The minimum atomic E-state index is -0.759. The average molecular weight is 298 g/mol. The lowest BCUT2D eigenvalue weighted by molar-refractivity contribution is -0.143. The number of nitrogens with one attached hydrogen (secondary N) is 2. The SMILES string of the molecule is COC1CC(NC(=O)NC2CCCC(C(=O)O)C2)C1(C)C. The summed E-state index contributed by atoms with van der Waals surface area (Å²) in [7, 11) is 1.69. The largest absolute Gasteiger partial charge is 0.481 e. The van der Waals surface area contributed by atoms with Gasteiger partial charge < -0.3 is 20.5 Å². The Morgan fingerprint density at radius 1 is 1.19 bits per heavy atom. The molecule has 0 spiro atoms. The molecule has 6 heteroatoms. The summed E-state index contributed by atoms with van der Waals surface area (Å²) in [6, 6.07) is -0.138. The van der Waals surface area contributed by atoms with E-state index in [0.717, 1.165) is 19.3 Å². The molecule has 2 saturated carbocycles. The van der Waals surface area contributed by atoms with Crippen molar-refractivity contribution >= 4 is 12.0 Å². The maximum atomic E-state index is 12.1. The van der Waals surface area contributed by atoms with E-state index in [1.807, 2.05) is 0 Å². The normalized spacial score (nSPS) is 34.6. The Kier molecular flexibility index (Phi) is 4.76. The molecule has 0 aromatic carbocycles. The highest BCUT2D eigenvalue weighted by molar-refractivity contribution is 5.75. The number of aliphatic carboxylic acids is 1. The van der Waals surface area contributed by atoms with E-state index in [0.29, 0.717) is 12.8 Å². The Labute approximate surface area is 125 Å². The van der Waals surface area contributed by atoms with Gasteiger partial charge in [-0.25, -0.2) is 4.79 Å². The molecule has 0 saturated heterocycles. The Bertz CT molecular complexity index is 410. The molecule has 0 aromatic rings. The lowest BCUT2D eigenvalue weighted by atomic mass is 9.64. The number of carboxylic acids is 1. The zero-order chi connectivity index (χ0) is 15.6. The van der Waals surface area contributed by atoms with Crippen molar-refractivity contribution in [2.75, 3.05) is 7.11 Å². The summed E-state index contributed by atoms with van der Waals surface area (Å²) in [5.41, 5.74) is -0.0672. The topological polar surface area (TPSA) is 87.7 Å². The van der Waals surface area contributed by atoms with E-state index in [2.05, 4.69) is 24.5 Å². The van der Waals surface area contributed by atoms with Crippen molar-refractivity contribution in [3.05, 3.63) is 0 Å². The van der Waals surface area contributed by atoms with E-state index in [1.54, 1.807) is 7.11 Å². The number of ether oxygens (including phenoxy) is 1. The molecule has 120 valence electrons. The van der Waals surface area contributed by atoms with Crippen LogP contribution in [0.15, 0.2) is 0 Å². The highest BCUT2D eigenvalue weighted by Gasteiger charge is 2.49. The zero-order valence-corrected chi connectivity index (χ0v) is 13.0. The molecule has 2 fully saturated rings. The predicted molar refractivity (Wildman–Crippen MR) is 78.0 cm³/mol. The van der Waals surface area contributed by atoms with Crippen LogP contribution in [-0.4, -0.2) is 42.4 Å². The summed E-state index contributed by atoms with van der Waals surface area (Å²) in [6.07, 6.45) is 3.93. The molecule has 2 amide bonds. The van der Waals surface area contributed by atoms with Crippen LogP contribution in [0.5, 0.6) is 0 Å². The van der Waals surface area contributed by atoms with Gasteiger partial charge in [-0.2, -0.15) is 0 Å². The smallest absolute Gasteiger partial charge is 0.315 e. The molecular formula is C15H26N2O4.